The summed E-state index contributed by atoms with van der Waals surface area (Å²) in [4.78, 5) is 21.1. The van der Waals surface area contributed by atoms with Crippen LogP contribution in [-0.2, 0) is 11.2 Å². The average molecular weight is 261 g/mol. The van der Waals surface area contributed by atoms with Crippen LogP contribution in [0.5, 0.6) is 0 Å². The van der Waals surface area contributed by atoms with E-state index in [2.05, 4.69) is 0 Å². The molecule has 2 N–H and O–H groups in total. The highest BCUT2D eigenvalue weighted by Gasteiger charge is 2.38. The van der Waals surface area contributed by atoms with Gasteiger partial charge in [-0.2, -0.15) is 13.2 Å². The Morgan fingerprint density at radius 2 is 1.94 bits per heavy atom. The zero-order valence-corrected chi connectivity index (χ0v) is 9.12. The van der Waals surface area contributed by atoms with Gasteiger partial charge in [0, 0.05) is 6.54 Å². The molecule has 0 spiro atoms. The van der Waals surface area contributed by atoms with Gasteiger partial charge in [-0.3, -0.25) is 4.79 Å². The summed E-state index contributed by atoms with van der Waals surface area (Å²) in [5.74, 6) is -3.12. The van der Waals surface area contributed by atoms with E-state index in [9.17, 15) is 22.8 Å². The molecule has 18 heavy (non-hydrogen) atoms. The number of aromatic carboxylic acids is 1. The van der Waals surface area contributed by atoms with Crippen LogP contribution in [0.4, 0.5) is 13.2 Å². The molecule has 0 unspecified atom stereocenters. The maximum atomic E-state index is 11.9. The van der Waals surface area contributed by atoms with Crippen molar-refractivity contribution in [3.8, 4) is 0 Å². The van der Waals surface area contributed by atoms with E-state index >= 15 is 0 Å². The Balaban J connectivity index is 2.52. The second kappa shape index (κ2) is 5.52. The van der Waals surface area contributed by atoms with Gasteiger partial charge in [-0.15, -0.1) is 0 Å². The van der Waals surface area contributed by atoms with E-state index in [1.54, 1.807) is 11.4 Å². The Hall–Kier alpha value is -2.05. The van der Waals surface area contributed by atoms with E-state index in [4.69, 9.17) is 5.11 Å². The normalized spacial score (nSPS) is 11.1. The lowest BCUT2D eigenvalue weighted by Gasteiger charge is -2.08. The fourth-order valence-electron chi connectivity index (χ4n) is 1.28. The smallest absolute Gasteiger partial charge is 0.471 e. The molecule has 0 aromatic heterocycles. The average Bonchev–Trinajstić information content (AvgIpc) is 2.28. The lowest BCUT2D eigenvalue weighted by atomic mass is 10.1. The Kier molecular flexibility index (Phi) is 4.30. The van der Waals surface area contributed by atoms with Gasteiger partial charge in [0.25, 0.3) is 0 Å². The monoisotopic (exact) mass is 261 g/mol. The van der Waals surface area contributed by atoms with Crippen LogP contribution < -0.4 is 5.32 Å². The highest BCUT2D eigenvalue weighted by atomic mass is 19.4. The minimum absolute atomic E-state index is 0.0506. The Bertz CT molecular complexity index is 457. The lowest BCUT2D eigenvalue weighted by molar-refractivity contribution is -0.173. The first-order valence-corrected chi connectivity index (χ1v) is 4.98. The molecule has 0 saturated carbocycles. The maximum Gasteiger partial charge on any atom is 0.471 e. The van der Waals surface area contributed by atoms with Gasteiger partial charge in [0.05, 0.1) is 5.56 Å². The van der Waals surface area contributed by atoms with Crippen LogP contribution >= 0.6 is 0 Å². The molecule has 1 aromatic rings. The molecule has 4 nitrogen and oxygen atoms in total. The van der Waals surface area contributed by atoms with Crippen LogP contribution in [0.2, 0.25) is 0 Å². The SMILES string of the molecule is O=C(O)c1cccc(CCNC(=O)C(F)(F)F)c1. The summed E-state index contributed by atoms with van der Waals surface area (Å²) in [5, 5.41) is 10.4. The van der Waals surface area contributed by atoms with E-state index in [0.29, 0.717) is 5.56 Å². The van der Waals surface area contributed by atoms with E-state index < -0.39 is 18.1 Å². The number of amides is 1. The van der Waals surface area contributed by atoms with Crippen molar-refractivity contribution >= 4 is 11.9 Å². The first-order valence-electron chi connectivity index (χ1n) is 4.98. The molecule has 0 aliphatic rings. The van der Waals surface area contributed by atoms with Gasteiger partial charge in [-0.1, -0.05) is 12.1 Å². The van der Waals surface area contributed by atoms with Crippen molar-refractivity contribution in [1.82, 2.24) is 5.32 Å². The van der Waals surface area contributed by atoms with Crippen LogP contribution in [0.3, 0.4) is 0 Å². The van der Waals surface area contributed by atoms with Crippen LogP contribution in [0.15, 0.2) is 24.3 Å². The van der Waals surface area contributed by atoms with Gasteiger partial charge in [-0.25, -0.2) is 4.79 Å². The summed E-state index contributed by atoms with van der Waals surface area (Å²) in [7, 11) is 0. The molecule has 0 fully saturated rings. The third kappa shape index (κ3) is 4.08. The standard InChI is InChI=1S/C11H10F3NO3/c12-11(13,14)10(18)15-5-4-7-2-1-3-8(6-7)9(16)17/h1-3,6H,4-5H2,(H,15,18)(H,16,17). The highest BCUT2D eigenvalue weighted by molar-refractivity contribution is 5.87. The molecule has 7 heteroatoms. The van der Waals surface area contributed by atoms with E-state index in [1.165, 1.54) is 18.2 Å². The van der Waals surface area contributed by atoms with Gasteiger partial charge in [0.2, 0.25) is 0 Å². The van der Waals surface area contributed by atoms with E-state index in [-0.39, 0.29) is 18.5 Å². The number of nitrogens with one attached hydrogen (secondary N) is 1. The van der Waals surface area contributed by atoms with E-state index in [0.717, 1.165) is 0 Å². The van der Waals surface area contributed by atoms with Gasteiger partial charge in [-0.05, 0) is 24.1 Å². The Labute approximate surface area is 100 Å². The number of benzene rings is 1. The molecule has 0 heterocycles. The van der Waals surface area contributed by atoms with Crippen molar-refractivity contribution in [2.75, 3.05) is 6.54 Å². The fourth-order valence-corrected chi connectivity index (χ4v) is 1.28. The molecule has 0 atom stereocenters. The van der Waals surface area contributed by atoms with E-state index in [1.807, 2.05) is 0 Å². The quantitative estimate of drug-likeness (QED) is 0.865. The highest BCUT2D eigenvalue weighted by Crippen LogP contribution is 2.14. The zero-order chi connectivity index (χ0) is 13.8. The van der Waals surface area contributed by atoms with Crippen LogP contribution in [-0.4, -0.2) is 29.7 Å². The number of carboxylic acids is 1. The number of alkyl halides is 3. The van der Waals surface area contributed by atoms with Crippen LogP contribution in [0.1, 0.15) is 15.9 Å². The van der Waals surface area contributed by atoms with Crippen molar-refractivity contribution in [3.05, 3.63) is 35.4 Å². The number of carbonyl (C=O) groups is 2. The van der Waals surface area contributed by atoms with Crippen molar-refractivity contribution in [2.45, 2.75) is 12.6 Å². The van der Waals surface area contributed by atoms with Crippen molar-refractivity contribution in [2.24, 2.45) is 0 Å². The maximum absolute atomic E-state index is 11.9. The summed E-state index contributed by atoms with van der Waals surface area (Å²) in [6.07, 6.45) is -4.77. The first kappa shape index (κ1) is 14.0. The molecule has 1 amide bonds. The molecule has 0 radical (unpaired) electrons. The molecular formula is C11H10F3NO3. The minimum atomic E-state index is -4.90. The summed E-state index contributed by atoms with van der Waals surface area (Å²) in [5.41, 5.74) is 0.590. The summed E-state index contributed by atoms with van der Waals surface area (Å²) in [6.45, 7) is -0.207. The number of carboxylic acid groups (broad SMARTS) is 1. The molecule has 1 rings (SSSR count). The second-order valence-electron chi connectivity index (χ2n) is 3.51. The molecule has 0 aliphatic heterocycles. The summed E-state index contributed by atoms with van der Waals surface area (Å²) >= 11 is 0. The molecule has 1 aromatic carbocycles. The largest absolute Gasteiger partial charge is 0.478 e. The summed E-state index contributed by atoms with van der Waals surface area (Å²) in [6, 6.07) is 5.79. The Morgan fingerprint density at radius 3 is 2.50 bits per heavy atom. The van der Waals surface area contributed by atoms with Crippen LogP contribution in [0.25, 0.3) is 0 Å². The number of hydrogen-bond acceptors (Lipinski definition) is 2. The predicted octanol–water partition coefficient (Wildman–Crippen LogP) is 1.61. The molecule has 0 saturated heterocycles. The third-order valence-corrected chi connectivity index (χ3v) is 2.13. The van der Waals surface area contributed by atoms with Gasteiger partial charge >= 0.3 is 18.1 Å². The minimum Gasteiger partial charge on any atom is -0.478 e. The number of carbonyl (C=O) groups excluding carboxylic acids is 1. The fraction of sp³-hybridized carbons (Fsp3) is 0.273. The third-order valence-electron chi connectivity index (χ3n) is 2.13. The Morgan fingerprint density at radius 1 is 1.28 bits per heavy atom. The number of rotatable bonds is 4. The number of hydrogen-bond donors (Lipinski definition) is 2. The van der Waals surface area contributed by atoms with Crippen molar-refractivity contribution in [1.29, 1.82) is 0 Å². The zero-order valence-electron chi connectivity index (χ0n) is 9.12. The topological polar surface area (TPSA) is 66.4 Å². The molecular weight excluding hydrogens is 251 g/mol. The lowest BCUT2D eigenvalue weighted by Crippen LogP contribution is -2.37. The van der Waals surface area contributed by atoms with Crippen LogP contribution in [0, 0.1) is 0 Å². The van der Waals surface area contributed by atoms with Crippen molar-refractivity contribution in [3.63, 3.8) is 0 Å². The summed E-state index contributed by atoms with van der Waals surface area (Å²) < 4.78 is 35.6. The second-order valence-corrected chi connectivity index (χ2v) is 3.51. The van der Waals surface area contributed by atoms with Gasteiger partial charge in [0.1, 0.15) is 0 Å². The molecule has 0 bridgehead atoms. The predicted molar refractivity (Wildman–Crippen MR) is 56.2 cm³/mol. The molecule has 98 valence electrons. The molecule has 0 aliphatic carbocycles. The van der Waals surface area contributed by atoms with Gasteiger partial charge in [0.15, 0.2) is 0 Å². The van der Waals surface area contributed by atoms with Gasteiger partial charge < -0.3 is 10.4 Å². The number of halogens is 3. The van der Waals surface area contributed by atoms with Crippen molar-refractivity contribution < 1.29 is 27.9 Å². The first-order chi connectivity index (χ1) is 8.30.